The van der Waals surface area contributed by atoms with Gasteiger partial charge < -0.3 is 20.1 Å². The average Bonchev–Trinajstić information content (AvgIpc) is 2.31. The zero-order valence-corrected chi connectivity index (χ0v) is 14.3. The molecular formula is C12H28IN3O2. The molecule has 0 heterocycles. The fourth-order valence-corrected chi connectivity index (χ4v) is 1.15. The molecule has 0 spiro atoms. The molecule has 0 unspecified atom stereocenters. The van der Waals surface area contributed by atoms with Crippen molar-refractivity contribution in [2.75, 3.05) is 47.1 Å². The van der Waals surface area contributed by atoms with Gasteiger partial charge in [0.25, 0.3) is 0 Å². The summed E-state index contributed by atoms with van der Waals surface area (Å²) < 4.78 is 10.3. The Morgan fingerprint density at radius 1 is 1.17 bits per heavy atom. The molecule has 0 radical (unpaired) electrons. The molecule has 18 heavy (non-hydrogen) atoms. The molecule has 2 N–H and O–H groups in total. The van der Waals surface area contributed by atoms with Gasteiger partial charge in [0, 0.05) is 33.9 Å². The van der Waals surface area contributed by atoms with E-state index in [-0.39, 0.29) is 24.0 Å². The standard InChI is InChI=1S/C12H27N3O2.HI/c1-11(2)10-15-12(13-3)14-6-5-7-17-9-8-16-4;/h11H,5-10H2,1-4H3,(H2,13,14,15);1H. The summed E-state index contributed by atoms with van der Waals surface area (Å²) in [6, 6.07) is 0. The minimum Gasteiger partial charge on any atom is -0.382 e. The maximum absolute atomic E-state index is 5.36. The summed E-state index contributed by atoms with van der Waals surface area (Å²) in [5.74, 6) is 1.47. The van der Waals surface area contributed by atoms with Crippen molar-refractivity contribution < 1.29 is 9.47 Å². The van der Waals surface area contributed by atoms with Crippen LogP contribution in [0.5, 0.6) is 0 Å². The van der Waals surface area contributed by atoms with Gasteiger partial charge in [0.05, 0.1) is 13.2 Å². The van der Waals surface area contributed by atoms with Gasteiger partial charge in [-0.15, -0.1) is 24.0 Å². The second-order valence-electron chi connectivity index (χ2n) is 4.23. The smallest absolute Gasteiger partial charge is 0.190 e. The number of guanidine groups is 1. The van der Waals surface area contributed by atoms with Gasteiger partial charge in [-0.3, -0.25) is 4.99 Å². The third-order valence-electron chi connectivity index (χ3n) is 2.09. The number of hydrogen-bond donors (Lipinski definition) is 2. The fourth-order valence-electron chi connectivity index (χ4n) is 1.15. The van der Waals surface area contributed by atoms with Crippen LogP contribution in [0, 0.1) is 5.92 Å². The Morgan fingerprint density at radius 3 is 2.44 bits per heavy atom. The largest absolute Gasteiger partial charge is 0.382 e. The summed E-state index contributed by atoms with van der Waals surface area (Å²) >= 11 is 0. The number of nitrogens with one attached hydrogen (secondary N) is 2. The third kappa shape index (κ3) is 14.0. The molecule has 0 aliphatic carbocycles. The quantitative estimate of drug-likeness (QED) is 0.278. The van der Waals surface area contributed by atoms with Crippen molar-refractivity contribution in [2.45, 2.75) is 20.3 Å². The fraction of sp³-hybridized carbons (Fsp3) is 0.917. The number of methoxy groups -OCH3 is 1. The predicted octanol–water partition coefficient (Wildman–Crippen LogP) is 1.48. The first kappa shape index (κ1) is 20.2. The molecule has 0 amide bonds. The van der Waals surface area contributed by atoms with Gasteiger partial charge in [0.15, 0.2) is 5.96 Å². The molecule has 0 aliphatic heterocycles. The number of halogens is 1. The lowest BCUT2D eigenvalue weighted by atomic mass is 10.2. The highest BCUT2D eigenvalue weighted by atomic mass is 127. The normalized spacial score (nSPS) is 11.3. The van der Waals surface area contributed by atoms with E-state index in [0.29, 0.717) is 19.1 Å². The summed E-state index contributed by atoms with van der Waals surface area (Å²) in [7, 11) is 3.46. The molecule has 0 fully saturated rings. The molecule has 0 rings (SSSR count). The molecule has 6 heteroatoms. The van der Waals surface area contributed by atoms with Gasteiger partial charge in [-0.1, -0.05) is 13.8 Å². The van der Waals surface area contributed by atoms with Crippen molar-refractivity contribution in [3.63, 3.8) is 0 Å². The Bertz CT molecular complexity index is 202. The summed E-state index contributed by atoms with van der Waals surface area (Å²) in [6.07, 6.45) is 0.964. The number of ether oxygens (including phenoxy) is 2. The maximum Gasteiger partial charge on any atom is 0.190 e. The molecule has 0 aromatic carbocycles. The SMILES string of the molecule is CN=C(NCCCOCCOC)NCC(C)C.I. The summed E-state index contributed by atoms with van der Waals surface area (Å²) in [6.45, 7) is 8.21. The van der Waals surface area contributed by atoms with E-state index in [9.17, 15) is 0 Å². The van der Waals surface area contributed by atoms with Crippen molar-refractivity contribution in [3.8, 4) is 0 Å². The van der Waals surface area contributed by atoms with Gasteiger partial charge >= 0.3 is 0 Å². The van der Waals surface area contributed by atoms with Crippen molar-refractivity contribution >= 4 is 29.9 Å². The van der Waals surface area contributed by atoms with Crippen LogP contribution in [0.2, 0.25) is 0 Å². The number of hydrogen-bond acceptors (Lipinski definition) is 3. The van der Waals surface area contributed by atoms with Gasteiger partial charge in [-0.25, -0.2) is 0 Å². The Morgan fingerprint density at radius 2 is 1.89 bits per heavy atom. The van der Waals surface area contributed by atoms with E-state index in [1.165, 1.54) is 0 Å². The number of aliphatic imine (C=N–C) groups is 1. The minimum atomic E-state index is 0. The molecule has 5 nitrogen and oxygen atoms in total. The van der Waals surface area contributed by atoms with E-state index in [1.54, 1.807) is 14.2 Å². The molecule has 0 atom stereocenters. The monoisotopic (exact) mass is 373 g/mol. The summed E-state index contributed by atoms with van der Waals surface area (Å²) in [4.78, 5) is 4.14. The number of nitrogens with zero attached hydrogens (tertiary/aromatic N) is 1. The highest BCUT2D eigenvalue weighted by Gasteiger charge is 1.98. The van der Waals surface area contributed by atoms with Crippen LogP contribution in [-0.4, -0.2) is 53.0 Å². The lowest BCUT2D eigenvalue weighted by Gasteiger charge is -2.13. The predicted molar refractivity (Wildman–Crippen MR) is 86.9 cm³/mol. The van der Waals surface area contributed by atoms with Crippen LogP contribution in [0.4, 0.5) is 0 Å². The minimum absolute atomic E-state index is 0. The van der Waals surface area contributed by atoms with Crippen LogP contribution < -0.4 is 10.6 Å². The van der Waals surface area contributed by atoms with Gasteiger partial charge in [-0.2, -0.15) is 0 Å². The summed E-state index contributed by atoms with van der Waals surface area (Å²) in [5, 5.41) is 6.50. The number of rotatable bonds is 9. The van der Waals surface area contributed by atoms with E-state index in [0.717, 1.165) is 32.1 Å². The Kier molecular flexibility index (Phi) is 16.8. The molecule has 0 saturated carbocycles. The third-order valence-corrected chi connectivity index (χ3v) is 2.09. The van der Waals surface area contributed by atoms with E-state index in [4.69, 9.17) is 9.47 Å². The van der Waals surface area contributed by atoms with Crippen LogP contribution in [0.3, 0.4) is 0 Å². The second-order valence-corrected chi connectivity index (χ2v) is 4.23. The molecule has 0 aliphatic rings. The van der Waals surface area contributed by atoms with Crippen LogP contribution >= 0.6 is 24.0 Å². The van der Waals surface area contributed by atoms with E-state index in [1.807, 2.05) is 0 Å². The molecule has 0 aromatic heterocycles. The molecule has 0 bridgehead atoms. The van der Waals surface area contributed by atoms with Crippen molar-refractivity contribution in [3.05, 3.63) is 0 Å². The Balaban J connectivity index is 0. The lowest BCUT2D eigenvalue weighted by molar-refractivity contribution is 0.0698. The van der Waals surface area contributed by atoms with Crippen molar-refractivity contribution in [2.24, 2.45) is 10.9 Å². The van der Waals surface area contributed by atoms with Gasteiger partial charge in [-0.05, 0) is 12.3 Å². The first-order chi connectivity index (χ1) is 8.20. The molecule has 0 saturated heterocycles. The van der Waals surface area contributed by atoms with Crippen LogP contribution in [0.15, 0.2) is 4.99 Å². The van der Waals surface area contributed by atoms with Crippen LogP contribution in [-0.2, 0) is 9.47 Å². The van der Waals surface area contributed by atoms with Gasteiger partial charge in [0.1, 0.15) is 0 Å². The Labute approximate surface area is 128 Å². The van der Waals surface area contributed by atoms with Gasteiger partial charge in [0.2, 0.25) is 0 Å². The highest BCUT2D eigenvalue weighted by Crippen LogP contribution is 1.87. The van der Waals surface area contributed by atoms with Crippen LogP contribution in [0.1, 0.15) is 20.3 Å². The zero-order valence-electron chi connectivity index (χ0n) is 12.0. The maximum atomic E-state index is 5.36. The van der Waals surface area contributed by atoms with Crippen LogP contribution in [0.25, 0.3) is 0 Å². The first-order valence-electron chi connectivity index (χ1n) is 6.22. The molecule has 110 valence electrons. The lowest BCUT2D eigenvalue weighted by Crippen LogP contribution is -2.39. The van der Waals surface area contributed by atoms with E-state index < -0.39 is 0 Å². The van der Waals surface area contributed by atoms with E-state index >= 15 is 0 Å². The molecule has 0 aromatic rings. The second kappa shape index (κ2) is 15.0. The summed E-state index contributed by atoms with van der Waals surface area (Å²) in [5.41, 5.74) is 0. The highest BCUT2D eigenvalue weighted by molar-refractivity contribution is 14.0. The topological polar surface area (TPSA) is 54.9 Å². The van der Waals surface area contributed by atoms with Crippen molar-refractivity contribution in [1.29, 1.82) is 0 Å². The first-order valence-corrected chi connectivity index (χ1v) is 6.22. The Hall–Kier alpha value is -0.0800. The zero-order chi connectivity index (χ0) is 12.9. The molecular weight excluding hydrogens is 345 g/mol. The average molecular weight is 373 g/mol. The van der Waals surface area contributed by atoms with E-state index in [2.05, 4.69) is 29.5 Å². The van der Waals surface area contributed by atoms with Crippen molar-refractivity contribution in [1.82, 2.24) is 10.6 Å².